The molecular formula is C62H109N6O11P. The predicted molar refractivity (Wildman–Crippen MR) is 318 cm³/mol. The van der Waals surface area contributed by atoms with E-state index in [-0.39, 0.29) is 63.2 Å². The van der Waals surface area contributed by atoms with E-state index >= 15 is 0 Å². The minimum absolute atomic E-state index is 0.00341. The first-order chi connectivity index (χ1) is 38.6. The van der Waals surface area contributed by atoms with Gasteiger partial charge in [0.15, 0.2) is 11.9 Å². The zero-order valence-corrected chi connectivity index (χ0v) is 51.6. The van der Waals surface area contributed by atoms with E-state index < -0.39 is 38.1 Å². The highest BCUT2D eigenvalue weighted by Gasteiger charge is 2.28. The Labute approximate surface area is 483 Å². The van der Waals surface area contributed by atoms with Gasteiger partial charge in [-0.25, -0.2) is 4.57 Å². The van der Waals surface area contributed by atoms with Gasteiger partial charge in [0.2, 0.25) is 17.6 Å². The molecule has 3 atom stereocenters. The highest BCUT2D eigenvalue weighted by molar-refractivity contribution is 7.47. The maximum Gasteiger partial charge on any atom is 0.472 e. The van der Waals surface area contributed by atoms with Gasteiger partial charge in [-0.05, 0) is 51.5 Å². The van der Waals surface area contributed by atoms with Crippen LogP contribution in [-0.2, 0) is 53.4 Å². The molecule has 2 unspecified atom stereocenters. The standard InChI is InChI=1S/C62H109N6O11P/c1-7-10-12-14-16-18-20-22-24-26-28-30-32-34-36-38-59(71)75-50-56(79-60(72)39-37-35-33-31-29-27-25-23-21-19-17-15-13-11-8-2)51-78-80(73,74)77-45-44-63-58(70)47-62(5,6)76-49-53(9-3)48-64-57(69)46-54-40-42-55(43-41-54)61-67-65-52(4)66-68-61/h40-43,53,56H,7-39,44-51H2,1-6H3,(H,63,70)(H,64,69)(H,73,74)/t53?,56-/m1/s1. The summed E-state index contributed by atoms with van der Waals surface area (Å²) in [5, 5.41) is 21.7. The molecule has 1 heterocycles. The van der Waals surface area contributed by atoms with Crippen LogP contribution >= 0.6 is 7.82 Å². The highest BCUT2D eigenvalue weighted by atomic mass is 31.2. The van der Waals surface area contributed by atoms with Gasteiger partial charge in [-0.15, -0.1) is 20.4 Å². The molecule has 1 aromatic heterocycles. The number of rotatable bonds is 53. The maximum absolute atomic E-state index is 13.0. The third-order valence-corrected chi connectivity index (χ3v) is 15.4. The quantitative estimate of drug-likeness (QED) is 0.0318. The van der Waals surface area contributed by atoms with Crippen molar-refractivity contribution in [3.05, 3.63) is 35.7 Å². The van der Waals surface area contributed by atoms with Crippen molar-refractivity contribution >= 4 is 31.6 Å². The topological polar surface area (TPSA) is 227 Å². The number of nitrogens with one attached hydrogen (secondary N) is 2. The van der Waals surface area contributed by atoms with Crippen molar-refractivity contribution in [3.8, 4) is 11.4 Å². The van der Waals surface area contributed by atoms with Crippen molar-refractivity contribution in [2.75, 3.05) is 39.5 Å². The number of amides is 2. The van der Waals surface area contributed by atoms with Gasteiger partial charge in [-0.3, -0.25) is 28.2 Å². The van der Waals surface area contributed by atoms with Gasteiger partial charge >= 0.3 is 19.8 Å². The van der Waals surface area contributed by atoms with Crippen LogP contribution in [0.3, 0.4) is 0 Å². The van der Waals surface area contributed by atoms with Crippen LogP contribution in [0.5, 0.6) is 0 Å². The lowest BCUT2D eigenvalue weighted by atomic mass is 10.0. The van der Waals surface area contributed by atoms with Crippen molar-refractivity contribution in [3.63, 3.8) is 0 Å². The first kappa shape index (κ1) is 72.2. The molecule has 2 amide bonds. The normalized spacial score (nSPS) is 13.1. The number of unbranched alkanes of at least 4 members (excludes halogenated alkanes) is 28. The van der Waals surface area contributed by atoms with E-state index in [9.17, 15) is 28.6 Å². The third kappa shape index (κ3) is 40.3. The van der Waals surface area contributed by atoms with Gasteiger partial charge in [-0.2, -0.15) is 0 Å². The Morgan fingerprint density at radius 3 is 1.51 bits per heavy atom. The average molecular weight is 1150 g/mol. The summed E-state index contributed by atoms with van der Waals surface area (Å²) < 4.78 is 40.6. The maximum atomic E-state index is 13.0. The molecule has 1 aromatic carbocycles. The van der Waals surface area contributed by atoms with Crippen LogP contribution in [0, 0.1) is 12.8 Å². The lowest BCUT2D eigenvalue weighted by Crippen LogP contribution is -2.38. The molecular weight excluding hydrogens is 1040 g/mol. The number of nitrogens with zero attached hydrogens (tertiary/aromatic N) is 4. The predicted octanol–water partition coefficient (Wildman–Crippen LogP) is 14.3. The molecule has 0 aliphatic rings. The number of hydrogen-bond acceptors (Lipinski definition) is 14. The molecule has 2 rings (SSSR count). The molecule has 3 N–H and O–H groups in total. The smallest absolute Gasteiger partial charge is 0.462 e. The number of aromatic nitrogens is 4. The number of hydrogen-bond donors (Lipinski definition) is 3. The zero-order chi connectivity index (χ0) is 58.4. The second-order valence-corrected chi connectivity index (χ2v) is 24.1. The summed E-state index contributed by atoms with van der Waals surface area (Å²) >= 11 is 0. The molecule has 0 saturated heterocycles. The van der Waals surface area contributed by atoms with E-state index in [1.54, 1.807) is 20.8 Å². The Kier molecular flexibility index (Phi) is 42.0. The van der Waals surface area contributed by atoms with Crippen molar-refractivity contribution in [1.29, 1.82) is 0 Å². The van der Waals surface area contributed by atoms with Gasteiger partial charge < -0.3 is 29.7 Å². The Bertz CT molecular complexity index is 1940. The summed E-state index contributed by atoms with van der Waals surface area (Å²) in [6, 6.07) is 7.34. The highest BCUT2D eigenvalue weighted by Crippen LogP contribution is 2.43. The Morgan fingerprint density at radius 1 is 0.575 bits per heavy atom. The molecule has 0 fully saturated rings. The molecule has 458 valence electrons. The summed E-state index contributed by atoms with van der Waals surface area (Å²) in [6.45, 7) is 11.3. The third-order valence-electron chi connectivity index (χ3n) is 14.4. The van der Waals surface area contributed by atoms with Crippen molar-refractivity contribution in [2.24, 2.45) is 5.92 Å². The van der Waals surface area contributed by atoms with Crippen LogP contribution in [0.25, 0.3) is 11.4 Å². The number of ether oxygens (including phenoxy) is 3. The minimum atomic E-state index is -4.66. The van der Waals surface area contributed by atoms with Crippen LogP contribution in [0.4, 0.5) is 0 Å². The van der Waals surface area contributed by atoms with Gasteiger partial charge in [0.25, 0.3) is 0 Å². The van der Waals surface area contributed by atoms with E-state index in [1.165, 1.54) is 141 Å². The van der Waals surface area contributed by atoms with Crippen molar-refractivity contribution in [2.45, 2.75) is 278 Å². The lowest BCUT2D eigenvalue weighted by Gasteiger charge is -2.27. The number of aryl methyl sites for hydroxylation is 1. The van der Waals surface area contributed by atoms with Crippen molar-refractivity contribution in [1.82, 2.24) is 31.0 Å². The average Bonchev–Trinajstić information content (AvgIpc) is 3.44. The Balaban J connectivity index is 1.72. The second-order valence-electron chi connectivity index (χ2n) is 22.6. The number of benzene rings is 1. The molecule has 0 saturated carbocycles. The summed E-state index contributed by atoms with van der Waals surface area (Å²) in [5.41, 5.74) is 0.735. The number of carbonyl (C=O) groups is 4. The Hall–Kier alpha value is -3.89. The number of phosphoric ester groups is 1. The fourth-order valence-electron chi connectivity index (χ4n) is 9.30. The van der Waals surface area contributed by atoms with Crippen LogP contribution in [0.2, 0.25) is 0 Å². The van der Waals surface area contributed by atoms with E-state index in [0.717, 1.165) is 56.1 Å². The Morgan fingerprint density at radius 2 is 1.04 bits per heavy atom. The summed E-state index contributed by atoms with van der Waals surface area (Å²) in [7, 11) is -4.66. The van der Waals surface area contributed by atoms with E-state index in [1.807, 2.05) is 31.2 Å². The fraction of sp³-hybridized carbons (Fsp3) is 0.806. The fourth-order valence-corrected chi connectivity index (χ4v) is 10.1. The van der Waals surface area contributed by atoms with Crippen LogP contribution in [0.1, 0.15) is 264 Å². The van der Waals surface area contributed by atoms with Gasteiger partial charge in [0.05, 0.1) is 38.3 Å². The second kappa shape index (κ2) is 46.6. The molecule has 0 aliphatic carbocycles. The molecule has 0 aliphatic heterocycles. The van der Waals surface area contributed by atoms with Crippen molar-refractivity contribution < 1.29 is 51.9 Å². The summed E-state index contributed by atoms with van der Waals surface area (Å²) in [5.74, 6) is -0.501. The van der Waals surface area contributed by atoms with Crippen LogP contribution < -0.4 is 10.6 Å². The van der Waals surface area contributed by atoms with Crippen LogP contribution in [0.15, 0.2) is 24.3 Å². The summed E-state index contributed by atoms with van der Waals surface area (Å²) in [6.07, 6.45) is 36.7. The minimum Gasteiger partial charge on any atom is -0.462 e. The molecule has 17 nitrogen and oxygen atoms in total. The molecule has 0 bridgehead atoms. The van der Waals surface area contributed by atoms with E-state index in [0.29, 0.717) is 37.6 Å². The lowest BCUT2D eigenvalue weighted by molar-refractivity contribution is -0.161. The zero-order valence-electron chi connectivity index (χ0n) is 50.7. The molecule has 18 heteroatoms. The SMILES string of the molecule is CCCCCCCCCCCCCCCCCC(=O)OC[C@H](COP(=O)(O)OCCNC(=O)CC(C)(C)OCC(CC)CNC(=O)Cc1ccc(-c2nnc(C)nn2)cc1)OC(=O)CCCCCCCCCCCCCCCCC. The number of phosphoric acid groups is 1. The van der Waals surface area contributed by atoms with Gasteiger partial charge in [0.1, 0.15) is 6.61 Å². The molecule has 80 heavy (non-hydrogen) atoms. The number of carbonyl (C=O) groups excluding carboxylic acids is 4. The number of esters is 2. The van der Waals surface area contributed by atoms with E-state index in [2.05, 4.69) is 44.9 Å². The first-order valence-corrected chi connectivity index (χ1v) is 32.9. The van der Waals surface area contributed by atoms with Gasteiger partial charge in [-0.1, -0.05) is 225 Å². The monoisotopic (exact) mass is 1140 g/mol. The molecule has 0 spiro atoms. The molecule has 2 aromatic rings. The summed E-state index contributed by atoms with van der Waals surface area (Å²) in [4.78, 5) is 61.9. The van der Waals surface area contributed by atoms with Gasteiger partial charge in [0, 0.05) is 31.5 Å². The van der Waals surface area contributed by atoms with E-state index in [4.69, 9.17) is 23.3 Å². The first-order valence-electron chi connectivity index (χ1n) is 31.4. The largest absolute Gasteiger partial charge is 0.472 e. The molecule has 0 radical (unpaired) electrons. The van der Waals surface area contributed by atoms with Crippen LogP contribution in [-0.4, -0.2) is 100 Å².